The predicted octanol–water partition coefficient (Wildman–Crippen LogP) is -0.628. The molecule has 0 bridgehead atoms. The van der Waals surface area contributed by atoms with Crippen molar-refractivity contribution in [3.05, 3.63) is 63.3 Å². The molecule has 0 nitrogen and oxygen atoms in total. The molecule has 0 saturated heterocycles. The SMILES string of the molecule is CC1=C(C)C(C)(C)C(C2=Cc3ccccc3[CH]2[Hf+2])=C1C.[I-].[I-]. The minimum atomic E-state index is 0. The van der Waals surface area contributed by atoms with E-state index in [2.05, 4.69) is 65.0 Å². The summed E-state index contributed by atoms with van der Waals surface area (Å²) in [4.78, 5) is 0. The van der Waals surface area contributed by atoms with Crippen molar-refractivity contribution in [2.24, 2.45) is 5.41 Å². The van der Waals surface area contributed by atoms with Gasteiger partial charge in [0.05, 0.1) is 0 Å². The smallest absolute Gasteiger partial charge is 1.00 e. The molecule has 0 aliphatic heterocycles. The van der Waals surface area contributed by atoms with Gasteiger partial charge in [-0.3, -0.25) is 0 Å². The quantitative estimate of drug-likeness (QED) is 0.274. The number of halogens is 2. The van der Waals surface area contributed by atoms with Crippen molar-refractivity contribution < 1.29 is 72.3 Å². The predicted molar refractivity (Wildman–Crippen MR) is 82.0 cm³/mol. The van der Waals surface area contributed by atoms with Crippen LogP contribution in [0.4, 0.5) is 0 Å². The third-order valence-electron chi connectivity index (χ3n) is 5.28. The summed E-state index contributed by atoms with van der Waals surface area (Å²) in [5, 5.41) is 0. The molecule has 0 amide bonds. The van der Waals surface area contributed by atoms with Crippen LogP contribution in [0.25, 0.3) is 6.08 Å². The summed E-state index contributed by atoms with van der Waals surface area (Å²) in [5.74, 6) is 0. The number of allylic oxidation sites excluding steroid dienone is 5. The van der Waals surface area contributed by atoms with E-state index in [1.807, 2.05) is 0 Å². The number of benzene rings is 1. The van der Waals surface area contributed by atoms with Crippen LogP contribution in [0.2, 0.25) is 0 Å². The summed E-state index contributed by atoms with van der Waals surface area (Å²) in [6.45, 7) is 11.7. The van der Waals surface area contributed by atoms with Gasteiger partial charge in [0.15, 0.2) is 0 Å². The Hall–Kier alpha value is 0.770. The van der Waals surface area contributed by atoms with Crippen molar-refractivity contribution in [2.45, 2.75) is 38.3 Å². The molecule has 2 aliphatic rings. The minimum absolute atomic E-state index is 0. The molecule has 0 fully saturated rings. The van der Waals surface area contributed by atoms with Gasteiger partial charge >= 0.3 is 137 Å². The van der Waals surface area contributed by atoms with Crippen LogP contribution in [-0.4, -0.2) is 0 Å². The Balaban J connectivity index is 0.00000121. The van der Waals surface area contributed by atoms with E-state index in [1.165, 1.54) is 52.2 Å². The van der Waals surface area contributed by atoms with Crippen LogP contribution in [0, 0.1) is 5.41 Å². The fraction of sp³-hybridized carbons (Fsp3) is 0.368. The summed E-state index contributed by atoms with van der Waals surface area (Å²) in [6.07, 6.45) is 2.44. The maximum absolute atomic E-state index is 2.44. The standard InChI is InChI=1S/C19H21.Hf.2HI/c1-12-13(2)18(19(4,5)14(12)3)17-10-15-8-6-7-9-16(15)11-17;;;/h6-11H,1-5H3;;2*1H/q;+2;;/p-2. The minimum Gasteiger partial charge on any atom is -1.00 e. The van der Waals surface area contributed by atoms with Gasteiger partial charge in [0.25, 0.3) is 0 Å². The van der Waals surface area contributed by atoms with Crippen LogP contribution >= 0.6 is 0 Å². The van der Waals surface area contributed by atoms with E-state index in [-0.39, 0.29) is 53.4 Å². The Bertz CT molecular complexity index is 693. The van der Waals surface area contributed by atoms with Crippen molar-refractivity contribution >= 4 is 6.08 Å². The zero-order valence-electron chi connectivity index (χ0n) is 13.7. The Morgan fingerprint density at radius 3 is 2.05 bits per heavy atom. The molecule has 1 unspecified atom stereocenters. The van der Waals surface area contributed by atoms with Crippen LogP contribution in [0.3, 0.4) is 0 Å². The molecule has 0 aromatic heterocycles. The number of rotatable bonds is 1. The van der Waals surface area contributed by atoms with E-state index < -0.39 is 0 Å². The van der Waals surface area contributed by atoms with Gasteiger partial charge < -0.3 is 48.0 Å². The maximum atomic E-state index is 2.44. The molecular weight excluding hydrogens is 661 g/mol. The van der Waals surface area contributed by atoms with Crippen LogP contribution < -0.4 is 48.0 Å². The van der Waals surface area contributed by atoms with Gasteiger partial charge in [0.2, 0.25) is 0 Å². The van der Waals surface area contributed by atoms with Crippen molar-refractivity contribution in [2.75, 3.05) is 0 Å². The van der Waals surface area contributed by atoms with Gasteiger partial charge in [-0.05, 0) is 0 Å². The molecule has 0 radical (unpaired) electrons. The van der Waals surface area contributed by atoms with Gasteiger partial charge in [-0.25, -0.2) is 0 Å². The van der Waals surface area contributed by atoms with Crippen LogP contribution in [0.15, 0.2) is 52.1 Å². The Labute approximate surface area is 183 Å². The van der Waals surface area contributed by atoms with E-state index in [0.29, 0.717) is 3.67 Å². The molecule has 1 atom stereocenters. The largest absolute Gasteiger partial charge is 1.00 e. The van der Waals surface area contributed by atoms with Crippen LogP contribution in [-0.2, 0) is 24.4 Å². The van der Waals surface area contributed by atoms with Crippen molar-refractivity contribution in [3.8, 4) is 0 Å². The van der Waals surface area contributed by atoms with Gasteiger partial charge in [0.1, 0.15) is 0 Å². The maximum Gasteiger partial charge on any atom is -1.00 e. The summed E-state index contributed by atoms with van der Waals surface area (Å²) in [5.41, 5.74) is 10.9. The first-order valence-corrected chi connectivity index (χ1v) is 9.34. The van der Waals surface area contributed by atoms with Gasteiger partial charge in [-0.15, -0.1) is 0 Å². The van der Waals surface area contributed by atoms with Crippen LogP contribution in [0.5, 0.6) is 0 Å². The molecule has 0 saturated carbocycles. The van der Waals surface area contributed by atoms with Crippen molar-refractivity contribution in [1.29, 1.82) is 0 Å². The monoisotopic (exact) mass is 683 g/mol. The number of hydrogen-bond donors (Lipinski definition) is 0. The summed E-state index contributed by atoms with van der Waals surface area (Å²) >= 11 is 1.18. The van der Waals surface area contributed by atoms with Gasteiger partial charge in [0, 0.05) is 0 Å². The fourth-order valence-electron chi connectivity index (χ4n) is 3.71. The van der Waals surface area contributed by atoms with Crippen molar-refractivity contribution in [1.82, 2.24) is 0 Å². The second kappa shape index (κ2) is 7.34. The second-order valence-electron chi connectivity index (χ2n) is 6.54. The van der Waals surface area contributed by atoms with Gasteiger partial charge in [-0.2, -0.15) is 0 Å². The zero-order valence-corrected chi connectivity index (χ0v) is 21.6. The Morgan fingerprint density at radius 2 is 1.55 bits per heavy atom. The Morgan fingerprint density at radius 1 is 0.955 bits per heavy atom. The van der Waals surface area contributed by atoms with E-state index in [1.54, 1.807) is 11.1 Å². The average molecular weight is 682 g/mol. The molecule has 3 heteroatoms. The zero-order chi connectivity index (χ0) is 14.7. The first kappa shape index (κ1) is 20.8. The molecule has 0 heterocycles. The third kappa shape index (κ3) is 3.03. The summed E-state index contributed by atoms with van der Waals surface area (Å²) in [6, 6.07) is 8.90. The number of hydrogen-bond acceptors (Lipinski definition) is 0. The summed E-state index contributed by atoms with van der Waals surface area (Å²) in [7, 11) is 0. The molecule has 1 aromatic rings. The van der Waals surface area contributed by atoms with E-state index in [0.717, 1.165) is 0 Å². The molecule has 2 aliphatic carbocycles. The molecule has 0 N–H and O–H groups in total. The van der Waals surface area contributed by atoms with Gasteiger partial charge in [-0.1, -0.05) is 0 Å². The van der Waals surface area contributed by atoms with Crippen molar-refractivity contribution in [3.63, 3.8) is 0 Å². The van der Waals surface area contributed by atoms with E-state index in [4.69, 9.17) is 0 Å². The van der Waals surface area contributed by atoms with Crippen LogP contribution in [0.1, 0.15) is 49.4 Å². The summed E-state index contributed by atoms with van der Waals surface area (Å²) < 4.78 is 0.647. The topological polar surface area (TPSA) is 0 Å². The molecular formula is C19H21HfI2. The third-order valence-corrected chi connectivity index (χ3v) is 7.51. The van der Waals surface area contributed by atoms with E-state index in [9.17, 15) is 0 Å². The molecule has 115 valence electrons. The average Bonchev–Trinajstić information content (AvgIpc) is 2.81. The number of fused-ring (bicyclic) bond motifs is 1. The first-order chi connectivity index (χ1) is 9.35. The first-order valence-electron chi connectivity index (χ1n) is 7.27. The molecule has 22 heavy (non-hydrogen) atoms. The second-order valence-corrected chi connectivity index (χ2v) is 8.61. The fourth-order valence-corrected chi connectivity index (χ4v) is 5.47. The normalized spacial score (nSPS) is 22.1. The Kier molecular flexibility index (Phi) is 6.94. The molecule has 3 rings (SSSR count). The molecule has 1 aromatic carbocycles. The van der Waals surface area contributed by atoms with E-state index >= 15 is 0 Å². The molecule has 0 spiro atoms.